The minimum absolute atomic E-state index is 0.262. The van der Waals surface area contributed by atoms with E-state index in [1.807, 2.05) is 4.90 Å². The Balaban J connectivity index is 1.87. The highest BCUT2D eigenvalue weighted by atomic mass is 19.4. The molecule has 2 aliphatic heterocycles. The van der Waals surface area contributed by atoms with Crippen molar-refractivity contribution in [2.24, 2.45) is 0 Å². The molecular formula is C21H18F4N2O2. The van der Waals surface area contributed by atoms with Crippen molar-refractivity contribution in [3.8, 4) is 11.5 Å². The monoisotopic (exact) mass is 406 g/mol. The summed E-state index contributed by atoms with van der Waals surface area (Å²) in [5.41, 5.74) is 1.65. The van der Waals surface area contributed by atoms with Crippen molar-refractivity contribution in [3.63, 3.8) is 0 Å². The van der Waals surface area contributed by atoms with Crippen molar-refractivity contribution in [1.29, 1.82) is 0 Å². The molecule has 1 amide bonds. The Hall–Kier alpha value is -3.03. The van der Waals surface area contributed by atoms with Gasteiger partial charge in [-0.05, 0) is 25.0 Å². The maximum absolute atomic E-state index is 14.1. The molecule has 0 aromatic heterocycles. The van der Waals surface area contributed by atoms with Gasteiger partial charge in [0.1, 0.15) is 11.6 Å². The number of piperidine rings is 1. The van der Waals surface area contributed by atoms with Crippen molar-refractivity contribution < 1.29 is 27.1 Å². The second-order valence-corrected chi connectivity index (χ2v) is 7.04. The van der Waals surface area contributed by atoms with Crippen molar-refractivity contribution in [3.05, 3.63) is 59.9 Å². The van der Waals surface area contributed by atoms with Crippen LogP contribution in [-0.2, 0) is 4.79 Å². The van der Waals surface area contributed by atoms with Gasteiger partial charge >= 0.3 is 12.1 Å². The van der Waals surface area contributed by atoms with Crippen LogP contribution in [0, 0.1) is 5.82 Å². The molecule has 2 aromatic carbocycles. The Morgan fingerprint density at radius 3 is 2.72 bits per heavy atom. The molecule has 152 valence electrons. The average molecular weight is 406 g/mol. The van der Waals surface area contributed by atoms with Crippen LogP contribution in [0.1, 0.15) is 30.0 Å². The Bertz CT molecular complexity index is 974. The number of nitrogens with one attached hydrogen (secondary N) is 1. The SMILES string of the molecule is C=Cc1cc(F)cc2c1N1CCC[C@H](NC(=O)C(F)(F)F)[C@@H]1c1ccccc1O2. The van der Waals surface area contributed by atoms with E-state index < -0.39 is 30.0 Å². The van der Waals surface area contributed by atoms with E-state index in [1.54, 1.807) is 24.3 Å². The van der Waals surface area contributed by atoms with E-state index in [-0.39, 0.29) is 5.75 Å². The first-order valence-corrected chi connectivity index (χ1v) is 9.16. The zero-order chi connectivity index (χ0) is 20.8. The molecule has 1 saturated heterocycles. The molecule has 0 bridgehead atoms. The van der Waals surface area contributed by atoms with Gasteiger partial charge in [-0.2, -0.15) is 13.2 Å². The van der Waals surface area contributed by atoms with E-state index in [0.29, 0.717) is 42.0 Å². The second-order valence-electron chi connectivity index (χ2n) is 7.04. The van der Waals surface area contributed by atoms with Crippen molar-refractivity contribution >= 4 is 17.7 Å². The molecule has 4 nitrogen and oxygen atoms in total. The minimum Gasteiger partial charge on any atom is -0.455 e. The van der Waals surface area contributed by atoms with E-state index in [2.05, 4.69) is 11.9 Å². The second kappa shape index (κ2) is 7.09. The number of anilines is 1. The van der Waals surface area contributed by atoms with Crippen LogP contribution in [-0.4, -0.2) is 24.7 Å². The molecule has 4 rings (SSSR count). The summed E-state index contributed by atoms with van der Waals surface area (Å²) in [6.07, 6.45) is -2.57. The molecule has 2 heterocycles. The number of amides is 1. The van der Waals surface area contributed by atoms with Crippen LogP contribution in [0.25, 0.3) is 6.08 Å². The summed E-state index contributed by atoms with van der Waals surface area (Å²) in [7, 11) is 0. The van der Waals surface area contributed by atoms with Crippen molar-refractivity contribution in [1.82, 2.24) is 5.32 Å². The Morgan fingerprint density at radius 1 is 1.24 bits per heavy atom. The number of carbonyl (C=O) groups is 1. The zero-order valence-corrected chi connectivity index (χ0v) is 15.3. The van der Waals surface area contributed by atoms with Crippen LogP contribution < -0.4 is 15.0 Å². The zero-order valence-electron chi connectivity index (χ0n) is 15.3. The van der Waals surface area contributed by atoms with Crippen LogP contribution in [0.3, 0.4) is 0 Å². The van der Waals surface area contributed by atoms with E-state index in [4.69, 9.17) is 4.74 Å². The minimum atomic E-state index is -4.98. The van der Waals surface area contributed by atoms with Gasteiger partial charge in [-0.25, -0.2) is 4.39 Å². The summed E-state index contributed by atoms with van der Waals surface area (Å²) in [5, 5.41) is 2.15. The van der Waals surface area contributed by atoms with Crippen molar-refractivity contribution in [2.75, 3.05) is 11.4 Å². The summed E-state index contributed by atoms with van der Waals surface area (Å²) in [6.45, 7) is 4.24. The third kappa shape index (κ3) is 3.43. The fourth-order valence-electron chi connectivity index (χ4n) is 4.10. The molecule has 0 aliphatic carbocycles. The van der Waals surface area contributed by atoms with Gasteiger partial charge in [0.25, 0.3) is 0 Å². The molecule has 2 aromatic rings. The molecular weight excluding hydrogens is 388 g/mol. The van der Waals surface area contributed by atoms with Gasteiger partial charge in [-0.15, -0.1) is 0 Å². The molecule has 1 N–H and O–H groups in total. The number of hydrogen-bond acceptors (Lipinski definition) is 3. The van der Waals surface area contributed by atoms with Gasteiger partial charge in [0.15, 0.2) is 5.75 Å². The van der Waals surface area contributed by atoms with E-state index in [1.165, 1.54) is 18.2 Å². The molecule has 0 saturated carbocycles. The smallest absolute Gasteiger partial charge is 0.455 e. The summed E-state index contributed by atoms with van der Waals surface area (Å²) in [5.74, 6) is -1.81. The van der Waals surface area contributed by atoms with Crippen molar-refractivity contribution in [2.45, 2.75) is 31.1 Å². The highest BCUT2D eigenvalue weighted by Crippen LogP contribution is 2.49. The average Bonchev–Trinajstić information content (AvgIpc) is 2.81. The lowest BCUT2D eigenvalue weighted by Crippen LogP contribution is -2.52. The van der Waals surface area contributed by atoms with Gasteiger partial charge in [0, 0.05) is 23.7 Å². The number of rotatable bonds is 2. The molecule has 2 aliphatic rings. The molecule has 29 heavy (non-hydrogen) atoms. The van der Waals surface area contributed by atoms with E-state index >= 15 is 0 Å². The summed E-state index contributed by atoms with van der Waals surface area (Å²) < 4.78 is 58.8. The summed E-state index contributed by atoms with van der Waals surface area (Å²) >= 11 is 0. The predicted molar refractivity (Wildman–Crippen MR) is 100 cm³/mol. The quantitative estimate of drug-likeness (QED) is 0.717. The Labute approximate surface area is 164 Å². The Morgan fingerprint density at radius 2 is 2.00 bits per heavy atom. The number of carbonyl (C=O) groups excluding carboxylic acids is 1. The highest BCUT2D eigenvalue weighted by molar-refractivity contribution is 5.82. The van der Waals surface area contributed by atoms with Crippen LogP contribution in [0.5, 0.6) is 11.5 Å². The number of halogens is 4. The fourth-order valence-corrected chi connectivity index (χ4v) is 4.10. The number of benzene rings is 2. The molecule has 1 fully saturated rings. The number of ether oxygens (including phenoxy) is 1. The largest absolute Gasteiger partial charge is 0.471 e. The standard InChI is InChI=1S/C21H18F4N2O2/c1-2-12-10-13(22)11-17-18(12)27-9-5-7-15(26-20(28)21(23,24)25)19(27)14-6-3-4-8-16(14)29-17/h2-4,6,8,10-11,15,19H,1,5,7,9H2,(H,26,28)/t15-,19-/m0/s1. The topological polar surface area (TPSA) is 41.6 Å². The van der Waals surface area contributed by atoms with Gasteiger partial charge in [0.05, 0.1) is 17.8 Å². The van der Waals surface area contributed by atoms with Crippen LogP contribution >= 0.6 is 0 Å². The van der Waals surface area contributed by atoms with Crippen LogP contribution in [0.15, 0.2) is 43.0 Å². The first kappa shape index (κ1) is 19.3. The normalized spacial score (nSPS) is 20.5. The fraction of sp³-hybridized carbons (Fsp3) is 0.286. The van der Waals surface area contributed by atoms with E-state index in [0.717, 1.165) is 0 Å². The predicted octanol–water partition coefficient (Wildman–Crippen LogP) is 4.96. The van der Waals surface area contributed by atoms with Gasteiger partial charge < -0.3 is 15.0 Å². The lowest BCUT2D eigenvalue weighted by atomic mass is 9.89. The Kier molecular flexibility index (Phi) is 4.72. The van der Waals surface area contributed by atoms with Crippen LogP contribution in [0.4, 0.5) is 23.2 Å². The molecule has 8 heteroatoms. The molecule has 2 atom stereocenters. The number of alkyl halides is 3. The lowest BCUT2D eigenvalue weighted by molar-refractivity contribution is -0.174. The maximum atomic E-state index is 14.1. The number of fused-ring (bicyclic) bond motifs is 5. The third-order valence-electron chi connectivity index (χ3n) is 5.24. The first-order valence-electron chi connectivity index (χ1n) is 9.16. The highest BCUT2D eigenvalue weighted by Gasteiger charge is 2.44. The van der Waals surface area contributed by atoms with E-state index in [9.17, 15) is 22.4 Å². The lowest BCUT2D eigenvalue weighted by Gasteiger charge is -2.43. The molecule has 0 unspecified atom stereocenters. The van der Waals surface area contributed by atoms with Gasteiger partial charge in [0.2, 0.25) is 0 Å². The van der Waals surface area contributed by atoms with Gasteiger partial charge in [-0.3, -0.25) is 4.79 Å². The third-order valence-corrected chi connectivity index (χ3v) is 5.24. The maximum Gasteiger partial charge on any atom is 0.471 e. The number of nitrogens with zero attached hydrogens (tertiary/aromatic N) is 1. The van der Waals surface area contributed by atoms with Gasteiger partial charge in [-0.1, -0.05) is 30.9 Å². The molecule has 0 radical (unpaired) electrons. The number of para-hydroxylation sites is 1. The van der Waals surface area contributed by atoms with Crippen LogP contribution in [0.2, 0.25) is 0 Å². The molecule has 0 spiro atoms. The summed E-state index contributed by atoms with van der Waals surface area (Å²) in [6, 6.07) is 8.07. The summed E-state index contributed by atoms with van der Waals surface area (Å²) in [4.78, 5) is 13.5. The first-order chi connectivity index (χ1) is 13.8. The number of hydrogen-bond donors (Lipinski definition) is 1.